The van der Waals surface area contributed by atoms with Gasteiger partial charge in [0.05, 0.1) is 0 Å². The zero-order chi connectivity index (χ0) is 18.5. The van der Waals surface area contributed by atoms with E-state index in [1.165, 1.54) is 67.6 Å². The molecular weight excluding hydrogens is 356 g/mol. The minimum Gasteiger partial charge on any atom is -0.399 e. The van der Waals surface area contributed by atoms with Gasteiger partial charge in [-0.05, 0) is 43.0 Å². The predicted molar refractivity (Wildman–Crippen MR) is 121 cm³/mol. The van der Waals surface area contributed by atoms with Crippen LogP contribution in [-0.2, 0) is 6.42 Å². The van der Waals surface area contributed by atoms with Crippen molar-refractivity contribution in [3.63, 3.8) is 0 Å². The van der Waals surface area contributed by atoms with Gasteiger partial charge in [0.1, 0.15) is 0 Å². The van der Waals surface area contributed by atoms with Gasteiger partial charge in [0.25, 0.3) is 0 Å². The van der Waals surface area contributed by atoms with Crippen LogP contribution in [0.1, 0.15) is 56.9 Å². The molecule has 0 saturated carbocycles. The predicted octanol–water partition coefficient (Wildman–Crippen LogP) is 6.95. The lowest BCUT2D eigenvalue weighted by molar-refractivity contribution is 0.577. The van der Waals surface area contributed by atoms with E-state index in [-0.39, 0.29) is 0 Å². The summed E-state index contributed by atoms with van der Waals surface area (Å²) in [5, 5.41) is 0. The first-order valence-electron chi connectivity index (χ1n) is 9.75. The van der Waals surface area contributed by atoms with E-state index in [9.17, 15) is 0 Å². The fourth-order valence-electron chi connectivity index (χ4n) is 2.96. The molecule has 2 rings (SSSR count). The van der Waals surface area contributed by atoms with Gasteiger partial charge in [0.15, 0.2) is 0 Å². The summed E-state index contributed by atoms with van der Waals surface area (Å²) in [6.45, 7) is 0. The Morgan fingerprint density at radius 2 is 1.19 bits per heavy atom. The van der Waals surface area contributed by atoms with E-state index in [2.05, 4.69) is 18.2 Å². The third-order valence-corrected chi connectivity index (χ3v) is 7.06. The zero-order valence-corrected chi connectivity index (χ0v) is 17.3. The van der Waals surface area contributed by atoms with Gasteiger partial charge < -0.3 is 11.5 Å². The van der Waals surface area contributed by atoms with Crippen molar-refractivity contribution in [3.8, 4) is 0 Å². The highest BCUT2D eigenvalue weighted by molar-refractivity contribution is 8.76. The van der Waals surface area contributed by atoms with Gasteiger partial charge in [-0.1, -0.05) is 90.4 Å². The van der Waals surface area contributed by atoms with E-state index in [4.69, 9.17) is 11.5 Å². The number of anilines is 2. The van der Waals surface area contributed by atoms with E-state index in [1.54, 1.807) is 10.8 Å². The molecule has 0 aliphatic heterocycles. The highest BCUT2D eigenvalue weighted by Gasteiger charge is 2.00. The van der Waals surface area contributed by atoms with E-state index in [0.717, 1.165) is 17.8 Å². The largest absolute Gasteiger partial charge is 0.399 e. The van der Waals surface area contributed by atoms with Crippen molar-refractivity contribution in [2.75, 3.05) is 17.2 Å². The van der Waals surface area contributed by atoms with E-state index in [1.807, 2.05) is 41.1 Å². The maximum absolute atomic E-state index is 5.98. The lowest BCUT2D eigenvalue weighted by Gasteiger charge is -2.06. The van der Waals surface area contributed by atoms with Crippen LogP contribution in [0, 0.1) is 0 Å². The van der Waals surface area contributed by atoms with Crippen LogP contribution in [0.4, 0.5) is 11.4 Å². The molecule has 0 aromatic heterocycles. The minimum atomic E-state index is 0.889. The molecule has 0 spiro atoms. The van der Waals surface area contributed by atoms with Gasteiger partial charge >= 0.3 is 0 Å². The first-order valence-corrected chi connectivity index (χ1v) is 12.1. The molecule has 2 aromatic rings. The van der Waals surface area contributed by atoms with Gasteiger partial charge in [0, 0.05) is 22.0 Å². The monoisotopic (exact) mass is 388 g/mol. The van der Waals surface area contributed by atoms with Crippen molar-refractivity contribution >= 4 is 33.0 Å². The first-order chi connectivity index (χ1) is 12.8. The van der Waals surface area contributed by atoms with Crippen molar-refractivity contribution in [2.24, 2.45) is 0 Å². The molecule has 0 radical (unpaired) electrons. The van der Waals surface area contributed by atoms with Crippen LogP contribution in [0.3, 0.4) is 0 Å². The van der Waals surface area contributed by atoms with Crippen LogP contribution in [0.15, 0.2) is 53.4 Å². The maximum Gasteiger partial charge on any atom is 0.0460 e. The van der Waals surface area contributed by atoms with Gasteiger partial charge in [-0.25, -0.2) is 0 Å². The topological polar surface area (TPSA) is 52.0 Å². The van der Waals surface area contributed by atoms with Crippen molar-refractivity contribution in [1.82, 2.24) is 0 Å². The fourth-order valence-corrected chi connectivity index (χ4v) is 5.23. The normalized spacial score (nSPS) is 10.9. The number of benzene rings is 2. The molecule has 0 unspecified atom stereocenters. The number of rotatable bonds is 13. The summed E-state index contributed by atoms with van der Waals surface area (Å²) in [6, 6.07) is 16.3. The molecule has 4 heteroatoms. The molecule has 0 atom stereocenters. The summed E-state index contributed by atoms with van der Waals surface area (Å²) in [5.41, 5.74) is 15.1. The van der Waals surface area contributed by atoms with Crippen LogP contribution in [-0.4, -0.2) is 5.75 Å². The third-order valence-electron chi connectivity index (χ3n) is 4.55. The number of unbranched alkanes of at least 4 members (excludes halogenated alkanes) is 7. The lowest BCUT2D eigenvalue weighted by Crippen LogP contribution is -1.93. The standard InChI is InChI=1S/C22H32N2S2/c23-20-15-9-8-14-19(20)13-7-5-3-1-2-4-6-12-18-25-26-22-17-11-10-16-21(22)24/h8-11,14-17H,1-7,12-13,18,23-24H2. The maximum atomic E-state index is 5.98. The Kier molecular flexibility index (Phi) is 10.5. The summed E-state index contributed by atoms with van der Waals surface area (Å²) in [6.07, 6.45) is 11.8. The van der Waals surface area contributed by atoms with E-state index in [0.29, 0.717) is 0 Å². The zero-order valence-electron chi connectivity index (χ0n) is 15.7. The Labute approximate surface area is 166 Å². The summed E-state index contributed by atoms with van der Waals surface area (Å²) < 4.78 is 0. The van der Waals surface area contributed by atoms with E-state index < -0.39 is 0 Å². The highest BCUT2D eigenvalue weighted by atomic mass is 33.1. The van der Waals surface area contributed by atoms with Crippen LogP contribution >= 0.6 is 21.6 Å². The molecule has 2 aromatic carbocycles. The van der Waals surface area contributed by atoms with Crippen molar-refractivity contribution in [1.29, 1.82) is 0 Å². The highest BCUT2D eigenvalue weighted by Crippen LogP contribution is 2.35. The Hall–Kier alpha value is -1.26. The Balaban J connectivity index is 1.37. The smallest absolute Gasteiger partial charge is 0.0460 e. The minimum absolute atomic E-state index is 0.889. The van der Waals surface area contributed by atoms with Gasteiger partial charge in [0.2, 0.25) is 0 Å². The fraction of sp³-hybridized carbons (Fsp3) is 0.455. The van der Waals surface area contributed by atoms with E-state index >= 15 is 0 Å². The Morgan fingerprint density at radius 3 is 1.88 bits per heavy atom. The first kappa shape index (κ1) is 21.0. The van der Waals surface area contributed by atoms with Crippen molar-refractivity contribution in [3.05, 3.63) is 54.1 Å². The summed E-state index contributed by atoms with van der Waals surface area (Å²) >= 11 is 0. The number of hydrogen-bond donors (Lipinski definition) is 2. The molecule has 4 N–H and O–H groups in total. The molecule has 0 fully saturated rings. The van der Waals surface area contributed by atoms with Gasteiger partial charge in [-0.3, -0.25) is 0 Å². The molecule has 0 saturated heterocycles. The second-order valence-electron chi connectivity index (χ2n) is 6.72. The molecule has 0 aliphatic rings. The SMILES string of the molecule is Nc1ccccc1CCCCCCCCCCSSc1ccccc1N. The number of nitrogen functional groups attached to an aromatic ring is 2. The second-order valence-corrected chi connectivity index (χ2v) is 9.18. The van der Waals surface area contributed by atoms with Crippen LogP contribution in [0.5, 0.6) is 0 Å². The van der Waals surface area contributed by atoms with Crippen molar-refractivity contribution in [2.45, 2.75) is 62.7 Å². The summed E-state index contributed by atoms with van der Waals surface area (Å²) in [7, 11) is 3.73. The Bertz CT molecular complexity index is 576. The summed E-state index contributed by atoms with van der Waals surface area (Å²) in [5.74, 6) is 1.21. The molecule has 0 heterocycles. The van der Waals surface area contributed by atoms with Gasteiger partial charge in [-0.15, -0.1) is 0 Å². The average molecular weight is 389 g/mol. The average Bonchev–Trinajstić information content (AvgIpc) is 2.65. The van der Waals surface area contributed by atoms with Crippen LogP contribution in [0.2, 0.25) is 0 Å². The summed E-state index contributed by atoms with van der Waals surface area (Å²) in [4.78, 5) is 1.19. The van der Waals surface area contributed by atoms with Crippen LogP contribution in [0.25, 0.3) is 0 Å². The lowest BCUT2D eigenvalue weighted by atomic mass is 10.0. The number of aryl methyl sites for hydroxylation is 1. The molecular formula is C22H32N2S2. The molecule has 26 heavy (non-hydrogen) atoms. The van der Waals surface area contributed by atoms with Crippen LogP contribution < -0.4 is 11.5 Å². The number of nitrogens with two attached hydrogens (primary N) is 2. The van der Waals surface area contributed by atoms with Crippen molar-refractivity contribution < 1.29 is 0 Å². The molecule has 0 bridgehead atoms. The quantitative estimate of drug-likeness (QED) is 0.221. The molecule has 0 amide bonds. The number of para-hydroxylation sites is 2. The van der Waals surface area contributed by atoms with Gasteiger partial charge in [-0.2, -0.15) is 0 Å². The number of hydrogen-bond acceptors (Lipinski definition) is 4. The molecule has 2 nitrogen and oxygen atoms in total. The second kappa shape index (κ2) is 13.0. The molecule has 142 valence electrons. The molecule has 0 aliphatic carbocycles. The third kappa shape index (κ3) is 8.41. The Morgan fingerprint density at radius 1 is 0.615 bits per heavy atom.